The molecule has 0 aliphatic rings. The number of anilines is 2. The minimum Gasteiger partial charge on any atom is -0.399 e. The fourth-order valence-electron chi connectivity index (χ4n) is 2.02. The monoisotopic (exact) mass is 268 g/mol. The van der Waals surface area contributed by atoms with Crippen LogP contribution in [0.15, 0.2) is 48.5 Å². The maximum Gasteiger partial charge on any atom is 0.227 e. The first-order valence-corrected chi connectivity index (χ1v) is 6.74. The van der Waals surface area contributed by atoms with Gasteiger partial charge in [-0.1, -0.05) is 29.8 Å². The minimum atomic E-state index is 0.107. The molecule has 0 spiro atoms. The van der Waals surface area contributed by atoms with Crippen molar-refractivity contribution in [1.29, 1.82) is 0 Å². The summed E-state index contributed by atoms with van der Waals surface area (Å²) in [5, 5.41) is 0. The van der Waals surface area contributed by atoms with Gasteiger partial charge >= 0.3 is 0 Å². The summed E-state index contributed by atoms with van der Waals surface area (Å²) in [4.78, 5) is 13.8. The molecule has 2 aromatic rings. The van der Waals surface area contributed by atoms with Gasteiger partial charge in [-0.2, -0.15) is 0 Å². The molecule has 2 aromatic carbocycles. The Morgan fingerprint density at radius 3 is 2.25 bits per heavy atom. The molecule has 0 atom stereocenters. The number of carbonyl (C=O) groups excluding carboxylic acids is 1. The summed E-state index contributed by atoms with van der Waals surface area (Å²) in [7, 11) is 1.79. The van der Waals surface area contributed by atoms with Gasteiger partial charge in [0, 0.05) is 24.8 Å². The first kappa shape index (κ1) is 14.1. The van der Waals surface area contributed by atoms with Crippen molar-refractivity contribution in [2.75, 3.05) is 17.7 Å². The molecule has 1 amide bonds. The maximum atomic E-state index is 12.2. The largest absolute Gasteiger partial charge is 0.399 e. The molecule has 0 bridgehead atoms. The second-order valence-electron chi connectivity index (χ2n) is 5.03. The number of carbonyl (C=O) groups is 1. The van der Waals surface area contributed by atoms with Crippen LogP contribution in [0.25, 0.3) is 0 Å². The van der Waals surface area contributed by atoms with Crippen molar-refractivity contribution >= 4 is 17.3 Å². The van der Waals surface area contributed by atoms with Crippen molar-refractivity contribution in [3.8, 4) is 0 Å². The van der Waals surface area contributed by atoms with Crippen LogP contribution in [0.3, 0.4) is 0 Å². The van der Waals surface area contributed by atoms with Gasteiger partial charge < -0.3 is 10.6 Å². The molecule has 3 nitrogen and oxygen atoms in total. The van der Waals surface area contributed by atoms with E-state index in [0.717, 1.165) is 12.1 Å². The summed E-state index contributed by atoms with van der Waals surface area (Å²) in [6, 6.07) is 15.6. The third kappa shape index (κ3) is 3.60. The molecule has 0 aliphatic heterocycles. The van der Waals surface area contributed by atoms with Gasteiger partial charge in [-0.25, -0.2) is 0 Å². The number of amides is 1. The highest BCUT2D eigenvalue weighted by atomic mass is 16.2. The van der Waals surface area contributed by atoms with Crippen LogP contribution in [-0.4, -0.2) is 13.0 Å². The van der Waals surface area contributed by atoms with E-state index in [4.69, 9.17) is 5.73 Å². The van der Waals surface area contributed by atoms with E-state index in [1.54, 1.807) is 24.1 Å². The Balaban J connectivity index is 1.94. The molecule has 0 saturated heterocycles. The lowest BCUT2D eigenvalue weighted by atomic mass is 10.1. The van der Waals surface area contributed by atoms with Gasteiger partial charge in [0.05, 0.1) is 0 Å². The van der Waals surface area contributed by atoms with Crippen molar-refractivity contribution in [2.45, 2.75) is 19.8 Å². The second-order valence-corrected chi connectivity index (χ2v) is 5.03. The van der Waals surface area contributed by atoms with Gasteiger partial charge in [-0.15, -0.1) is 0 Å². The molecule has 0 unspecified atom stereocenters. The molecular formula is C17H20N2O. The van der Waals surface area contributed by atoms with Crippen molar-refractivity contribution in [2.24, 2.45) is 0 Å². The fraction of sp³-hybridized carbons (Fsp3) is 0.235. The van der Waals surface area contributed by atoms with E-state index in [1.807, 2.05) is 12.1 Å². The number of nitrogen functional groups attached to an aromatic ring is 1. The van der Waals surface area contributed by atoms with E-state index in [0.29, 0.717) is 12.1 Å². The highest BCUT2D eigenvalue weighted by molar-refractivity contribution is 5.93. The number of nitrogens with two attached hydrogens (primary N) is 1. The van der Waals surface area contributed by atoms with E-state index in [1.165, 1.54) is 11.1 Å². The van der Waals surface area contributed by atoms with Crippen LogP contribution in [0.4, 0.5) is 11.4 Å². The van der Waals surface area contributed by atoms with Crippen LogP contribution in [0.2, 0.25) is 0 Å². The molecule has 0 fully saturated rings. The van der Waals surface area contributed by atoms with E-state index in [9.17, 15) is 4.79 Å². The fourth-order valence-corrected chi connectivity index (χ4v) is 2.02. The first-order chi connectivity index (χ1) is 9.56. The smallest absolute Gasteiger partial charge is 0.227 e. The van der Waals surface area contributed by atoms with Crippen LogP contribution in [0.5, 0.6) is 0 Å². The highest BCUT2D eigenvalue weighted by Crippen LogP contribution is 2.16. The molecule has 0 aromatic heterocycles. The van der Waals surface area contributed by atoms with Gasteiger partial charge in [0.25, 0.3) is 0 Å². The number of hydrogen-bond donors (Lipinski definition) is 1. The average Bonchev–Trinajstić information content (AvgIpc) is 2.46. The van der Waals surface area contributed by atoms with E-state index in [2.05, 4.69) is 31.2 Å². The molecule has 3 heteroatoms. The Morgan fingerprint density at radius 2 is 1.65 bits per heavy atom. The van der Waals surface area contributed by atoms with Crippen LogP contribution in [-0.2, 0) is 11.2 Å². The van der Waals surface area contributed by atoms with E-state index in [-0.39, 0.29) is 5.91 Å². The van der Waals surface area contributed by atoms with Crippen LogP contribution >= 0.6 is 0 Å². The molecule has 2 N–H and O–H groups in total. The number of benzene rings is 2. The van der Waals surface area contributed by atoms with Gasteiger partial charge in [0.15, 0.2) is 0 Å². The molecule has 0 heterocycles. The summed E-state index contributed by atoms with van der Waals surface area (Å²) in [6.45, 7) is 2.06. The number of aryl methyl sites for hydroxylation is 2. The number of rotatable bonds is 4. The Kier molecular flexibility index (Phi) is 4.41. The average molecular weight is 268 g/mol. The zero-order valence-corrected chi connectivity index (χ0v) is 12.0. The maximum absolute atomic E-state index is 12.2. The van der Waals surface area contributed by atoms with Gasteiger partial charge in [-0.3, -0.25) is 4.79 Å². The highest BCUT2D eigenvalue weighted by Gasteiger charge is 2.10. The zero-order valence-electron chi connectivity index (χ0n) is 12.0. The number of nitrogens with zero attached hydrogens (tertiary/aromatic N) is 1. The van der Waals surface area contributed by atoms with Crippen LogP contribution < -0.4 is 10.6 Å². The lowest BCUT2D eigenvalue weighted by Crippen LogP contribution is -2.26. The Bertz CT molecular complexity index is 573. The normalized spacial score (nSPS) is 10.3. The van der Waals surface area contributed by atoms with Crippen molar-refractivity contribution in [3.05, 3.63) is 59.7 Å². The summed E-state index contributed by atoms with van der Waals surface area (Å²) < 4.78 is 0. The Labute approximate surface area is 120 Å². The van der Waals surface area contributed by atoms with Crippen LogP contribution in [0.1, 0.15) is 17.5 Å². The van der Waals surface area contributed by atoms with Crippen molar-refractivity contribution < 1.29 is 4.79 Å². The van der Waals surface area contributed by atoms with Gasteiger partial charge in [-0.05, 0) is 43.2 Å². The van der Waals surface area contributed by atoms with E-state index >= 15 is 0 Å². The molecule has 0 aliphatic carbocycles. The molecule has 2 rings (SSSR count). The Morgan fingerprint density at radius 1 is 1.05 bits per heavy atom. The molecule has 0 saturated carbocycles. The summed E-state index contributed by atoms with van der Waals surface area (Å²) in [6.07, 6.45) is 1.27. The number of hydrogen-bond acceptors (Lipinski definition) is 2. The standard InChI is InChI=1S/C17H20N2O/c1-13-3-5-14(6-4-13)7-12-17(20)19(2)16-10-8-15(18)9-11-16/h3-6,8-11H,7,12,18H2,1-2H3. The lowest BCUT2D eigenvalue weighted by Gasteiger charge is -2.17. The minimum absolute atomic E-state index is 0.107. The Hall–Kier alpha value is -2.29. The predicted molar refractivity (Wildman–Crippen MR) is 83.8 cm³/mol. The second kappa shape index (κ2) is 6.24. The summed E-state index contributed by atoms with van der Waals surface area (Å²) >= 11 is 0. The molecule has 0 radical (unpaired) electrons. The summed E-state index contributed by atoms with van der Waals surface area (Å²) in [5.74, 6) is 0.107. The molecule has 20 heavy (non-hydrogen) atoms. The first-order valence-electron chi connectivity index (χ1n) is 6.74. The quantitative estimate of drug-likeness (QED) is 0.866. The lowest BCUT2D eigenvalue weighted by molar-refractivity contribution is -0.118. The molecular weight excluding hydrogens is 248 g/mol. The predicted octanol–water partition coefficient (Wildman–Crippen LogP) is 3.17. The van der Waals surface area contributed by atoms with Gasteiger partial charge in [0.2, 0.25) is 5.91 Å². The van der Waals surface area contributed by atoms with Crippen molar-refractivity contribution in [3.63, 3.8) is 0 Å². The van der Waals surface area contributed by atoms with Crippen LogP contribution in [0, 0.1) is 6.92 Å². The zero-order chi connectivity index (χ0) is 14.5. The van der Waals surface area contributed by atoms with Crippen molar-refractivity contribution in [1.82, 2.24) is 0 Å². The third-order valence-corrected chi connectivity index (χ3v) is 3.40. The summed E-state index contributed by atoms with van der Waals surface area (Å²) in [5.41, 5.74) is 9.64. The van der Waals surface area contributed by atoms with E-state index < -0.39 is 0 Å². The van der Waals surface area contributed by atoms with Gasteiger partial charge in [0.1, 0.15) is 0 Å². The molecule has 104 valence electrons. The third-order valence-electron chi connectivity index (χ3n) is 3.40. The topological polar surface area (TPSA) is 46.3 Å². The SMILES string of the molecule is Cc1ccc(CCC(=O)N(C)c2ccc(N)cc2)cc1.